The number of rotatable bonds is 6. The molecular formula is C16H12F5N3S. The molecule has 1 heterocycles. The van der Waals surface area contributed by atoms with Crippen molar-refractivity contribution in [2.75, 3.05) is 13.2 Å². The first-order valence-electron chi connectivity index (χ1n) is 7.03. The SMILES string of the molecule is N#Cc1cncc(SN(CCF)C(c2ccc(F)cc2)C(F)(F)F)c1. The molecule has 1 unspecified atom stereocenters. The third-order valence-electron chi connectivity index (χ3n) is 3.15. The van der Waals surface area contributed by atoms with Crippen LogP contribution >= 0.6 is 11.9 Å². The van der Waals surface area contributed by atoms with E-state index in [4.69, 9.17) is 5.26 Å². The second kappa shape index (κ2) is 8.27. The lowest BCUT2D eigenvalue weighted by molar-refractivity contribution is -0.172. The van der Waals surface area contributed by atoms with Crippen LogP contribution in [0.25, 0.3) is 0 Å². The molecule has 2 aromatic rings. The Kier molecular flexibility index (Phi) is 6.33. The quantitative estimate of drug-likeness (QED) is 0.545. The van der Waals surface area contributed by atoms with Crippen molar-refractivity contribution in [3.05, 3.63) is 59.7 Å². The van der Waals surface area contributed by atoms with Crippen LogP contribution in [0.4, 0.5) is 22.0 Å². The molecule has 132 valence electrons. The van der Waals surface area contributed by atoms with Crippen molar-refractivity contribution < 1.29 is 22.0 Å². The van der Waals surface area contributed by atoms with Gasteiger partial charge in [-0.2, -0.15) is 18.4 Å². The molecule has 0 fully saturated rings. The van der Waals surface area contributed by atoms with Crippen LogP contribution in [-0.2, 0) is 0 Å². The van der Waals surface area contributed by atoms with E-state index in [0.29, 0.717) is 11.9 Å². The van der Waals surface area contributed by atoms with Crippen molar-refractivity contribution in [1.29, 1.82) is 5.26 Å². The smallest absolute Gasteiger partial charge is 0.262 e. The Morgan fingerprint density at radius 2 is 1.88 bits per heavy atom. The van der Waals surface area contributed by atoms with Crippen LogP contribution in [-0.4, -0.2) is 28.7 Å². The normalized spacial score (nSPS) is 12.8. The van der Waals surface area contributed by atoms with E-state index in [0.717, 1.165) is 28.6 Å². The zero-order valence-corrected chi connectivity index (χ0v) is 13.5. The van der Waals surface area contributed by atoms with Gasteiger partial charge in [-0.15, -0.1) is 0 Å². The van der Waals surface area contributed by atoms with Gasteiger partial charge < -0.3 is 0 Å². The van der Waals surface area contributed by atoms with Gasteiger partial charge in [0.1, 0.15) is 24.6 Å². The van der Waals surface area contributed by atoms with Gasteiger partial charge in [-0.05, 0) is 35.7 Å². The summed E-state index contributed by atoms with van der Waals surface area (Å²) >= 11 is 0.643. The van der Waals surface area contributed by atoms with E-state index < -0.39 is 31.3 Å². The van der Waals surface area contributed by atoms with Crippen LogP contribution in [0.2, 0.25) is 0 Å². The molecule has 0 aliphatic carbocycles. The van der Waals surface area contributed by atoms with E-state index in [-0.39, 0.29) is 16.0 Å². The summed E-state index contributed by atoms with van der Waals surface area (Å²) in [6.07, 6.45) is -2.15. The predicted molar refractivity (Wildman–Crippen MR) is 82.7 cm³/mol. The maximum absolute atomic E-state index is 13.6. The van der Waals surface area contributed by atoms with Crippen LogP contribution in [0.1, 0.15) is 17.2 Å². The Bertz CT molecular complexity index is 743. The van der Waals surface area contributed by atoms with E-state index in [1.54, 1.807) is 0 Å². The second-order valence-corrected chi connectivity index (χ2v) is 6.06. The van der Waals surface area contributed by atoms with Crippen LogP contribution in [0.3, 0.4) is 0 Å². The number of hydrogen-bond donors (Lipinski definition) is 0. The standard InChI is InChI=1S/C16H12F5N3S/c17-5-6-24(25-14-7-11(8-22)9-23-10-14)15(16(19,20)21)12-1-3-13(18)4-2-12/h1-4,7,9-10,15H,5-6H2. The molecule has 0 radical (unpaired) electrons. The minimum absolute atomic E-state index is 0.176. The Labute approximate surface area is 145 Å². The summed E-state index contributed by atoms with van der Waals surface area (Å²) in [5, 5.41) is 8.85. The van der Waals surface area contributed by atoms with E-state index in [1.165, 1.54) is 18.5 Å². The number of nitrogens with zero attached hydrogens (tertiary/aromatic N) is 3. The highest BCUT2D eigenvalue weighted by Crippen LogP contribution is 2.42. The van der Waals surface area contributed by atoms with Gasteiger partial charge >= 0.3 is 6.18 Å². The first kappa shape index (κ1) is 19.1. The number of benzene rings is 1. The van der Waals surface area contributed by atoms with Gasteiger partial charge in [0.05, 0.1) is 5.56 Å². The molecule has 0 N–H and O–H groups in total. The van der Waals surface area contributed by atoms with Crippen LogP contribution in [0.15, 0.2) is 47.6 Å². The van der Waals surface area contributed by atoms with Gasteiger partial charge in [-0.25, -0.2) is 13.1 Å². The fourth-order valence-corrected chi connectivity index (χ4v) is 3.21. The topological polar surface area (TPSA) is 39.9 Å². The van der Waals surface area contributed by atoms with Crippen molar-refractivity contribution in [2.24, 2.45) is 0 Å². The summed E-state index contributed by atoms with van der Waals surface area (Å²) in [5.41, 5.74) is -0.0326. The average molecular weight is 373 g/mol. The Hall–Kier alpha value is -2.18. The highest BCUT2D eigenvalue weighted by molar-refractivity contribution is 7.97. The highest BCUT2D eigenvalue weighted by atomic mass is 32.2. The molecule has 25 heavy (non-hydrogen) atoms. The number of alkyl halides is 4. The Balaban J connectivity index is 2.38. The molecule has 0 aliphatic heterocycles. The van der Waals surface area contributed by atoms with Crippen molar-refractivity contribution >= 4 is 11.9 Å². The van der Waals surface area contributed by atoms with Crippen molar-refractivity contribution in [2.45, 2.75) is 17.1 Å². The molecule has 0 spiro atoms. The molecule has 0 saturated carbocycles. The molecule has 1 aromatic carbocycles. The first-order valence-corrected chi connectivity index (χ1v) is 7.80. The van der Waals surface area contributed by atoms with Gasteiger partial charge in [0.2, 0.25) is 0 Å². The number of hydrogen-bond acceptors (Lipinski definition) is 4. The summed E-state index contributed by atoms with van der Waals surface area (Å²) in [6.45, 7) is -1.52. The minimum Gasteiger partial charge on any atom is -0.262 e. The second-order valence-electron chi connectivity index (χ2n) is 4.94. The molecule has 0 saturated heterocycles. The summed E-state index contributed by atoms with van der Waals surface area (Å²) in [5.74, 6) is -0.666. The molecule has 0 aliphatic rings. The van der Waals surface area contributed by atoms with Gasteiger partial charge in [0.15, 0.2) is 0 Å². The lowest BCUT2D eigenvalue weighted by atomic mass is 10.1. The minimum atomic E-state index is -4.71. The third kappa shape index (κ3) is 5.14. The molecule has 9 heteroatoms. The molecular weight excluding hydrogens is 361 g/mol. The maximum Gasteiger partial charge on any atom is 0.408 e. The van der Waals surface area contributed by atoms with Crippen LogP contribution < -0.4 is 0 Å². The summed E-state index contributed by atoms with van der Waals surface area (Å²) in [6, 6.07) is 4.94. The zero-order valence-electron chi connectivity index (χ0n) is 12.7. The highest BCUT2D eigenvalue weighted by Gasteiger charge is 2.45. The number of nitriles is 1. The van der Waals surface area contributed by atoms with E-state index in [9.17, 15) is 22.0 Å². The maximum atomic E-state index is 13.6. The Morgan fingerprint density at radius 1 is 1.20 bits per heavy atom. The molecule has 1 atom stereocenters. The first-order chi connectivity index (χ1) is 11.8. The van der Waals surface area contributed by atoms with Crippen molar-refractivity contribution in [3.8, 4) is 6.07 Å². The summed E-state index contributed by atoms with van der Waals surface area (Å²) < 4.78 is 67.5. The zero-order chi connectivity index (χ0) is 18.4. The molecule has 2 rings (SSSR count). The predicted octanol–water partition coefficient (Wildman–Crippen LogP) is 4.67. The van der Waals surface area contributed by atoms with Gasteiger partial charge in [0.25, 0.3) is 0 Å². The lowest BCUT2D eigenvalue weighted by Gasteiger charge is -2.31. The fraction of sp³-hybridized carbons (Fsp3) is 0.250. The van der Waals surface area contributed by atoms with E-state index in [2.05, 4.69) is 4.98 Å². The van der Waals surface area contributed by atoms with Gasteiger partial charge in [0, 0.05) is 23.8 Å². The summed E-state index contributed by atoms with van der Waals surface area (Å²) in [4.78, 5) is 4.05. The monoisotopic (exact) mass is 373 g/mol. The lowest BCUT2D eigenvalue weighted by Crippen LogP contribution is -2.35. The van der Waals surface area contributed by atoms with Crippen LogP contribution in [0.5, 0.6) is 0 Å². The van der Waals surface area contributed by atoms with Crippen LogP contribution in [0, 0.1) is 17.1 Å². The molecule has 0 amide bonds. The van der Waals surface area contributed by atoms with Gasteiger partial charge in [-0.3, -0.25) is 4.98 Å². The molecule has 0 bridgehead atoms. The largest absolute Gasteiger partial charge is 0.408 e. The van der Waals surface area contributed by atoms with E-state index in [1.807, 2.05) is 6.07 Å². The number of halogens is 5. The average Bonchev–Trinajstić information content (AvgIpc) is 2.56. The van der Waals surface area contributed by atoms with E-state index >= 15 is 0 Å². The fourth-order valence-electron chi connectivity index (χ4n) is 2.14. The number of pyridine rings is 1. The summed E-state index contributed by atoms with van der Waals surface area (Å²) in [7, 11) is 0. The van der Waals surface area contributed by atoms with Gasteiger partial charge in [-0.1, -0.05) is 12.1 Å². The van der Waals surface area contributed by atoms with Crippen molar-refractivity contribution in [3.63, 3.8) is 0 Å². The van der Waals surface area contributed by atoms with Crippen molar-refractivity contribution in [1.82, 2.24) is 9.29 Å². The third-order valence-corrected chi connectivity index (χ3v) is 4.22. The number of aromatic nitrogens is 1. The molecule has 3 nitrogen and oxygen atoms in total. The Morgan fingerprint density at radius 3 is 2.44 bits per heavy atom. The molecule has 1 aromatic heterocycles.